The smallest absolute Gasteiger partial charge is 0.274 e. The van der Waals surface area contributed by atoms with E-state index in [0.717, 1.165) is 0 Å². The average Bonchev–Trinajstić information content (AvgIpc) is 2.77. The van der Waals surface area contributed by atoms with Crippen molar-refractivity contribution >= 4 is 11.6 Å². The minimum absolute atomic E-state index is 0.0894. The Morgan fingerprint density at radius 3 is 2.44 bits per heavy atom. The van der Waals surface area contributed by atoms with Crippen molar-refractivity contribution in [3.63, 3.8) is 0 Å². The summed E-state index contributed by atoms with van der Waals surface area (Å²) in [4.78, 5) is 12.0. The minimum Gasteiger partial charge on any atom is -0.395 e. The molecule has 0 radical (unpaired) electrons. The summed E-state index contributed by atoms with van der Waals surface area (Å²) < 4.78 is 0. The van der Waals surface area contributed by atoms with Crippen LogP contribution in [0.25, 0.3) is 0 Å². The Labute approximate surface area is 105 Å². The first-order valence-corrected chi connectivity index (χ1v) is 5.90. The van der Waals surface area contributed by atoms with Gasteiger partial charge >= 0.3 is 0 Å². The van der Waals surface area contributed by atoms with Crippen LogP contribution in [0, 0.1) is 0 Å². The molecule has 0 bridgehead atoms. The molecular weight excluding hydrogens is 236 g/mol. The molecule has 18 heavy (non-hydrogen) atoms. The van der Waals surface area contributed by atoms with Gasteiger partial charge in [-0.3, -0.25) is 9.89 Å². The van der Waals surface area contributed by atoms with Gasteiger partial charge in [-0.15, -0.1) is 0 Å². The predicted octanol–water partition coefficient (Wildman–Crippen LogP) is -0.582. The molecule has 0 unspecified atom stereocenters. The summed E-state index contributed by atoms with van der Waals surface area (Å²) >= 11 is 0. The molecule has 0 aliphatic carbocycles. The van der Waals surface area contributed by atoms with E-state index in [1.165, 1.54) is 0 Å². The van der Waals surface area contributed by atoms with E-state index >= 15 is 0 Å². The number of hydrogen-bond acceptors (Lipinski definition) is 5. The molecule has 102 valence electrons. The Kier molecular flexibility index (Phi) is 4.69. The molecular formula is C11H20N4O3. The molecule has 6 N–H and O–H groups in total. The molecule has 0 fully saturated rings. The van der Waals surface area contributed by atoms with Gasteiger partial charge in [0, 0.05) is 0 Å². The van der Waals surface area contributed by atoms with Crippen LogP contribution >= 0.6 is 0 Å². The van der Waals surface area contributed by atoms with Gasteiger partial charge in [-0.2, -0.15) is 5.10 Å². The normalized spacial score (nSPS) is 11.6. The van der Waals surface area contributed by atoms with E-state index in [2.05, 4.69) is 15.5 Å². The highest BCUT2D eigenvalue weighted by molar-refractivity contribution is 5.98. The third kappa shape index (κ3) is 2.62. The fourth-order valence-electron chi connectivity index (χ4n) is 1.57. The summed E-state index contributed by atoms with van der Waals surface area (Å²) in [7, 11) is 0. The van der Waals surface area contributed by atoms with Crippen LogP contribution in [0.4, 0.5) is 5.69 Å². The zero-order valence-electron chi connectivity index (χ0n) is 10.7. The Balaban J connectivity index is 2.90. The summed E-state index contributed by atoms with van der Waals surface area (Å²) in [6.45, 7) is 2.95. The Morgan fingerprint density at radius 2 is 2.06 bits per heavy atom. The first-order valence-electron chi connectivity index (χ1n) is 5.90. The lowest BCUT2D eigenvalue weighted by molar-refractivity contribution is 0.0649. The summed E-state index contributed by atoms with van der Waals surface area (Å²) in [6.07, 6.45) is 1.04. The zero-order chi connectivity index (χ0) is 13.8. The van der Waals surface area contributed by atoms with Gasteiger partial charge in [-0.1, -0.05) is 13.8 Å². The number of anilines is 1. The first kappa shape index (κ1) is 14.5. The van der Waals surface area contributed by atoms with Gasteiger partial charge in [0.25, 0.3) is 5.91 Å². The van der Waals surface area contributed by atoms with E-state index in [4.69, 9.17) is 5.73 Å². The van der Waals surface area contributed by atoms with Crippen LogP contribution in [-0.4, -0.2) is 45.1 Å². The lowest BCUT2D eigenvalue weighted by Crippen LogP contribution is -2.54. The maximum absolute atomic E-state index is 12.0. The van der Waals surface area contributed by atoms with Gasteiger partial charge in [-0.25, -0.2) is 0 Å². The Bertz CT molecular complexity index is 404. The van der Waals surface area contributed by atoms with Gasteiger partial charge in [0.1, 0.15) is 0 Å². The number of aromatic nitrogens is 2. The van der Waals surface area contributed by atoms with Crippen molar-refractivity contribution in [2.24, 2.45) is 0 Å². The first-order chi connectivity index (χ1) is 8.53. The molecule has 0 aliphatic rings. The number of carbonyl (C=O) groups excluding carboxylic acids is 1. The quantitative estimate of drug-likeness (QED) is 0.465. The van der Waals surface area contributed by atoms with E-state index in [9.17, 15) is 15.0 Å². The molecule has 0 aromatic carbocycles. The number of nitrogens with one attached hydrogen (secondary N) is 2. The van der Waals surface area contributed by atoms with Crippen molar-refractivity contribution in [3.8, 4) is 0 Å². The van der Waals surface area contributed by atoms with Gasteiger partial charge in [-0.05, 0) is 12.8 Å². The highest BCUT2D eigenvalue weighted by Crippen LogP contribution is 2.16. The summed E-state index contributed by atoms with van der Waals surface area (Å²) in [5, 5.41) is 27.6. The maximum Gasteiger partial charge on any atom is 0.274 e. The largest absolute Gasteiger partial charge is 0.395 e. The van der Waals surface area contributed by atoms with Crippen LogP contribution < -0.4 is 11.1 Å². The molecule has 1 aromatic rings. The van der Waals surface area contributed by atoms with Crippen molar-refractivity contribution < 1.29 is 15.0 Å². The van der Waals surface area contributed by atoms with Crippen LogP contribution in [0.1, 0.15) is 36.5 Å². The second-order valence-electron chi connectivity index (χ2n) is 4.22. The molecule has 0 saturated carbocycles. The average molecular weight is 256 g/mol. The second-order valence-corrected chi connectivity index (χ2v) is 4.22. The third-order valence-electron chi connectivity index (χ3n) is 3.11. The highest BCUT2D eigenvalue weighted by Gasteiger charge is 2.30. The highest BCUT2D eigenvalue weighted by atomic mass is 16.3. The number of nitrogen functional groups attached to an aromatic ring is 1. The van der Waals surface area contributed by atoms with E-state index in [0.29, 0.717) is 24.2 Å². The minimum atomic E-state index is -1.05. The number of nitrogens with two attached hydrogens (primary N) is 1. The Morgan fingerprint density at radius 1 is 1.44 bits per heavy atom. The lowest BCUT2D eigenvalue weighted by atomic mass is 9.98. The number of nitrogens with zero attached hydrogens (tertiary/aromatic N) is 1. The number of rotatable bonds is 6. The second kappa shape index (κ2) is 5.83. The van der Waals surface area contributed by atoms with Gasteiger partial charge < -0.3 is 21.3 Å². The standard InChI is InChI=1S/C11H20N4O3/c1-3-7-8(12)9(15-14-7)10(18)13-11(4-2,5-16)6-17/h16-17H,3-6,12H2,1-2H3,(H,13,18)(H,14,15). The molecule has 0 atom stereocenters. The van der Waals surface area contributed by atoms with Crippen LogP contribution in [0.3, 0.4) is 0 Å². The number of amides is 1. The molecule has 0 saturated heterocycles. The number of H-pyrrole nitrogens is 1. The maximum atomic E-state index is 12.0. The monoisotopic (exact) mass is 256 g/mol. The molecule has 1 aromatic heterocycles. The number of aliphatic hydroxyl groups excluding tert-OH is 2. The predicted molar refractivity (Wildman–Crippen MR) is 67.0 cm³/mol. The van der Waals surface area contributed by atoms with E-state index in [-0.39, 0.29) is 18.9 Å². The SMILES string of the molecule is CCc1[nH]nc(C(=O)NC(CC)(CO)CO)c1N. The molecule has 1 amide bonds. The molecule has 0 spiro atoms. The zero-order valence-corrected chi connectivity index (χ0v) is 10.7. The van der Waals surface area contributed by atoms with Crippen LogP contribution in [0.15, 0.2) is 0 Å². The number of aromatic amines is 1. The Hall–Kier alpha value is -1.60. The molecule has 1 heterocycles. The summed E-state index contributed by atoms with van der Waals surface area (Å²) in [6, 6.07) is 0. The third-order valence-corrected chi connectivity index (χ3v) is 3.11. The fraction of sp³-hybridized carbons (Fsp3) is 0.636. The van der Waals surface area contributed by atoms with Crippen molar-refractivity contribution in [2.75, 3.05) is 18.9 Å². The van der Waals surface area contributed by atoms with Crippen molar-refractivity contribution in [1.29, 1.82) is 0 Å². The fourth-order valence-corrected chi connectivity index (χ4v) is 1.57. The van der Waals surface area contributed by atoms with E-state index < -0.39 is 11.4 Å². The summed E-state index contributed by atoms with van der Waals surface area (Å²) in [5.74, 6) is -0.506. The van der Waals surface area contributed by atoms with Crippen molar-refractivity contribution in [1.82, 2.24) is 15.5 Å². The lowest BCUT2D eigenvalue weighted by Gasteiger charge is -2.29. The number of hydrogen-bond donors (Lipinski definition) is 5. The van der Waals surface area contributed by atoms with E-state index in [1.807, 2.05) is 6.92 Å². The van der Waals surface area contributed by atoms with Crippen LogP contribution in [0.5, 0.6) is 0 Å². The molecule has 1 rings (SSSR count). The topological polar surface area (TPSA) is 124 Å². The van der Waals surface area contributed by atoms with Gasteiger partial charge in [0.2, 0.25) is 0 Å². The van der Waals surface area contributed by atoms with Gasteiger partial charge in [0.05, 0.1) is 30.1 Å². The van der Waals surface area contributed by atoms with Gasteiger partial charge in [0.15, 0.2) is 5.69 Å². The summed E-state index contributed by atoms with van der Waals surface area (Å²) in [5.41, 5.74) is 5.81. The van der Waals surface area contributed by atoms with Crippen molar-refractivity contribution in [2.45, 2.75) is 32.2 Å². The van der Waals surface area contributed by atoms with Crippen LogP contribution in [0.2, 0.25) is 0 Å². The molecule has 7 nitrogen and oxygen atoms in total. The van der Waals surface area contributed by atoms with Crippen molar-refractivity contribution in [3.05, 3.63) is 11.4 Å². The van der Waals surface area contributed by atoms with E-state index in [1.54, 1.807) is 6.92 Å². The molecule has 0 aliphatic heterocycles. The molecule has 7 heteroatoms. The van der Waals surface area contributed by atoms with Crippen LogP contribution in [-0.2, 0) is 6.42 Å². The number of aliphatic hydroxyl groups is 2. The number of aryl methyl sites for hydroxylation is 1. The number of carbonyl (C=O) groups is 1.